The molecule has 314 valence electrons. The van der Waals surface area contributed by atoms with E-state index in [9.17, 15) is 0 Å². The molecule has 3 heteroatoms. The van der Waals surface area contributed by atoms with Gasteiger partial charge in [0.05, 0.1) is 0 Å². The minimum atomic E-state index is 0.512. The van der Waals surface area contributed by atoms with Crippen molar-refractivity contribution in [2.45, 2.75) is 174 Å². The molecular weight excluding hydrogens is 685 g/mol. The molecule has 1 aromatic carbocycles. The van der Waals surface area contributed by atoms with Crippen molar-refractivity contribution in [3.63, 3.8) is 0 Å². The molecule has 56 heavy (non-hydrogen) atoms. The van der Waals surface area contributed by atoms with E-state index in [1.165, 1.54) is 50.2 Å². The molecule has 0 heterocycles. The Labute approximate surface area is 347 Å². The first-order chi connectivity index (χ1) is 26.7. The van der Waals surface area contributed by atoms with Crippen LogP contribution in [0, 0.1) is 0 Å². The number of hydrogen-bond acceptors (Lipinski definition) is 3. The highest BCUT2D eigenvalue weighted by molar-refractivity contribution is 5.42. The first kappa shape index (κ1) is 52.3. The largest absolute Gasteiger partial charge is 0.489 e. The molecule has 0 spiro atoms. The molecular formula is C53H84O3. The fourth-order valence-electron chi connectivity index (χ4n) is 5.65. The lowest BCUT2D eigenvalue weighted by atomic mass is 10.1. The molecule has 0 aliphatic heterocycles. The van der Waals surface area contributed by atoms with Crippen LogP contribution in [-0.2, 0) is 0 Å². The number of ether oxygens (including phenoxy) is 3. The van der Waals surface area contributed by atoms with Gasteiger partial charge in [-0.05, 0) is 178 Å². The zero-order chi connectivity index (χ0) is 42.1. The molecule has 1 rings (SSSR count). The average Bonchev–Trinajstić information content (AvgIpc) is 3.12. The van der Waals surface area contributed by atoms with E-state index in [0.717, 1.165) is 94.3 Å². The predicted molar refractivity (Wildman–Crippen MR) is 251 cm³/mol. The van der Waals surface area contributed by atoms with Crippen molar-refractivity contribution in [3.8, 4) is 17.2 Å². The van der Waals surface area contributed by atoms with Gasteiger partial charge in [0.1, 0.15) is 37.1 Å². The van der Waals surface area contributed by atoms with E-state index in [4.69, 9.17) is 14.2 Å². The van der Waals surface area contributed by atoms with Gasteiger partial charge in [0, 0.05) is 18.2 Å². The summed E-state index contributed by atoms with van der Waals surface area (Å²) in [7, 11) is 0. The second-order valence-electron chi connectivity index (χ2n) is 16.0. The summed E-state index contributed by atoms with van der Waals surface area (Å²) in [6.45, 7) is 31.8. The zero-order valence-electron chi connectivity index (χ0n) is 38.8. The van der Waals surface area contributed by atoms with Crippen LogP contribution in [0.3, 0.4) is 0 Å². The summed E-state index contributed by atoms with van der Waals surface area (Å²) in [5.41, 5.74) is 12.6. The van der Waals surface area contributed by atoms with Crippen LogP contribution in [0.4, 0.5) is 0 Å². The topological polar surface area (TPSA) is 27.7 Å². The highest BCUT2D eigenvalue weighted by atomic mass is 16.5. The van der Waals surface area contributed by atoms with E-state index in [1.807, 2.05) is 32.0 Å². The summed E-state index contributed by atoms with van der Waals surface area (Å²) in [5, 5.41) is 0. The zero-order valence-corrected chi connectivity index (χ0v) is 38.8. The molecule has 0 amide bonds. The second kappa shape index (κ2) is 33.4. The summed E-state index contributed by atoms with van der Waals surface area (Å²) in [6, 6.07) is 5.93. The number of rotatable bonds is 27. The maximum Gasteiger partial charge on any atom is 0.127 e. The summed E-state index contributed by atoms with van der Waals surface area (Å²) in [5.74, 6) is 2.27. The fraction of sp³-hybridized carbons (Fsp3) is 0.547. The third kappa shape index (κ3) is 31.5. The molecule has 3 nitrogen and oxygen atoms in total. The molecule has 0 aliphatic rings. The van der Waals surface area contributed by atoms with E-state index in [0.29, 0.717) is 19.8 Å². The van der Waals surface area contributed by atoms with Crippen LogP contribution < -0.4 is 14.2 Å². The van der Waals surface area contributed by atoms with Gasteiger partial charge in [0.25, 0.3) is 0 Å². The van der Waals surface area contributed by atoms with Gasteiger partial charge < -0.3 is 14.2 Å². The molecule has 1 aromatic rings. The van der Waals surface area contributed by atoms with Crippen molar-refractivity contribution in [2.75, 3.05) is 19.8 Å². The number of hydrogen-bond donors (Lipinski definition) is 0. The Hall–Kier alpha value is -3.72. The van der Waals surface area contributed by atoms with Crippen LogP contribution >= 0.6 is 0 Å². The number of allylic oxidation sites excluding steroid dienone is 15. The van der Waals surface area contributed by atoms with Gasteiger partial charge in [-0.15, -0.1) is 0 Å². The first-order valence-corrected chi connectivity index (χ1v) is 21.6. The Kier molecular flexibility index (Phi) is 31.2. The van der Waals surface area contributed by atoms with Gasteiger partial charge in [-0.3, -0.25) is 0 Å². The van der Waals surface area contributed by atoms with Crippen LogP contribution in [0.15, 0.2) is 123 Å². The normalized spacial score (nSPS) is 12.8. The molecule has 0 saturated heterocycles. The van der Waals surface area contributed by atoms with E-state index >= 15 is 0 Å². The Balaban J connectivity index is 0.0000149. The third-order valence-corrected chi connectivity index (χ3v) is 9.27. The van der Waals surface area contributed by atoms with E-state index < -0.39 is 0 Å². The van der Waals surface area contributed by atoms with Gasteiger partial charge >= 0.3 is 0 Å². The minimum Gasteiger partial charge on any atom is -0.489 e. The molecule has 0 bridgehead atoms. The number of benzene rings is 1. The lowest BCUT2D eigenvalue weighted by Gasteiger charge is -2.12. The molecule has 0 unspecified atom stereocenters. The van der Waals surface area contributed by atoms with Crippen LogP contribution in [-0.4, -0.2) is 19.8 Å². The fourth-order valence-corrected chi connectivity index (χ4v) is 5.65. The lowest BCUT2D eigenvalue weighted by Crippen LogP contribution is -2.01. The summed E-state index contributed by atoms with van der Waals surface area (Å²) in [4.78, 5) is 0. The van der Waals surface area contributed by atoms with Crippen LogP contribution in [0.2, 0.25) is 0 Å². The summed E-state index contributed by atoms with van der Waals surface area (Å²) >= 11 is 0. The van der Waals surface area contributed by atoms with Crippen molar-refractivity contribution < 1.29 is 14.2 Å². The summed E-state index contributed by atoms with van der Waals surface area (Å²) in [6.07, 6.45) is 33.7. The van der Waals surface area contributed by atoms with Gasteiger partial charge in [0.15, 0.2) is 0 Å². The maximum absolute atomic E-state index is 6.24. The SMILES string of the molecule is CC.CC(C)=CCC/C(C)=C/CC/C(C)=C/COc1cc(OC/C=C(\C)CC/C=C(\C)CCC=C(C)C)cc(OC/C=C(\C)CC/C=C(\C)CCC=C(C)C)c1. The van der Waals surface area contributed by atoms with Gasteiger partial charge in [0.2, 0.25) is 0 Å². The third-order valence-electron chi connectivity index (χ3n) is 9.27. The molecule has 0 aliphatic carbocycles. The maximum atomic E-state index is 6.24. The highest BCUT2D eigenvalue weighted by Crippen LogP contribution is 2.29. The molecule has 0 radical (unpaired) electrons. The monoisotopic (exact) mass is 769 g/mol. The Morgan fingerprint density at radius 3 is 0.732 bits per heavy atom. The van der Waals surface area contributed by atoms with E-state index in [2.05, 4.69) is 138 Å². The predicted octanol–water partition coefficient (Wildman–Crippen LogP) is 17.1. The van der Waals surface area contributed by atoms with Crippen molar-refractivity contribution in [1.82, 2.24) is 0 Å². The van der Waals surface area contributed by atoms with Crippen LogP contribution in [0.1, 0.15) is 174 Å². The first-order valence-electron chi connectivity index (χ1n) is 21.6. The average molecular weight is 769 g/mol. The van der Waals surface area contributed by atoms with Gasteiger partial charge in [-0.25, -0.2) is 0 Å². The Bertz CT molecular complexity index is 1310. The summed E-state index contributed by atoms with van der Waals surface area (Å²) < 4.78 is 18.7. The van der Waals surface area contributed by atoms with Crippen LogP contribution in [0.5, 0.6) is 17.2 Å². The minimum absolute atomic E-state index is 0.512. The van der Waals surface area contributed by atoms with Gasteiger partial charge in [-0.1, -0.05) is 100 Å². The smallest absolute Gasteiger partial charge is 0.127 e. The van der Waals surface area contributed by atoms with Crippen LogP contribution in [0.25, 0.3) is 0 Å². The highest BCUT2D eigenvalue weighted by Gasteiger charge is 2.05. The van der Waals surface area contributed by atoms with E-state index in [1.54, 1.807) is 0 Å². The van der Waals surface area contributed by atoms with Gasteiger partial charge in [-0.2, -0.15) is 0 Å². The Morgan fingerprint density at radius 2 is 0.518 bits per heavy atom. The molecule has 0 aromatic heterocycles. The van der Waals surface area contributed by atoms with E-state index in [-0.39, 0.29) is 0 Å². The van der Waals surface area contributed by atoms with Crippen molar-refractivity contribution in [2.24, 2.45) is 0 Å². The van der Waals surface area contributed by atoms with Crippen molar-refractivity contribution in [1.29, 1.82) is 0 Å². The quantitative estimate of drug-likeness (QED) is 0.0834. The van der Waals surface area contributed by atoms with Crippen molar-refractivity contribution in [3.05, 3.63) is 123 Å². The second-order valence-corrected chi connectivity index (χ2v) is 16.0. The standard InChI is InChI=1S/C51H78O3.C2H6/c1-40(2)19-13-22-43(7)25-16-28-46(10)31-34-52-49-37-50(53-35-32-47(11)29-17-26-44(8)23-14-20-41(3)4)39-51(38-49)54-36-33-48(12)30-18-27-45(9)24-15-21-42(5)6;1-2/h19-21,25-27,31-33,37-39H,13-18,22-24,28-30,34-36H2,1-12H3;1-2H3/b43-25+,44-26+,45-27+,46-31+,47-32+,48-33+;. The van der Waals surface area contributed by atoms with Crippen molar-refractivity contribution >= 4 is 0 Å². The lowest BCUT2D eigenvalue weighted by molar-refractivity contribution is 0.326. The Morgan fingerprint density at radius 1 is 0.321 bits per heavy atom. The molecule has 0 fully saturated rings. The molecule has 0 N–H and O–H groups in total. The molecule has 0 saturated carbocycles. The molecule has 0 atom stereocenters.